The summed E-state index contributed by atoms with van der Waals surface area (Å²) in [6, 6.07) is 8.23. The predicted octanol–water partition coefficient (Wildman–Crippen LogP) is 3.30. The number of halogens is 4. The highest BCUT2D eigenvalue weighted by Crippen LogP contribution is 2.40. The number of hydrogen-bond donors (Lipinski definition) is 0. The lowest BCUT2D eigenvalue weighted by Gasteiger charge is -2.11. The maximum Gasteiger partial charge on any atom is 0.453 e. The summed E-state index contributed by atoms with van der Waals surface area (Å²) < 4.78 is 52.4. The number of nitrogens with zero attached hydrogens (tertiary/aromatic N) is 3. The molecule has 1 aromatic heterocycles. The Morgan fingerprint density at radius 1 is 1.16 bits per heavy atom. The summed E-state index contributed by atoms with van der Waals surface area (Å²) in [5, 5.41) is 3.41. The molecular formula is C12H9F4N3. The molecule has 0 bridgehead atoms. The smallest absolute Gasteiger partial charge is 0.239 e. The SMILES string of the molecule is F[C@H]1C[C@@H](c2ccccc2)n2nc(C(F)(F)F)nc21. The molecule has 1 aliphatic heterocycles. The van der Waals surface area contributed by atoms with Gasteiger partial charge in [0, 0.05) is 6.42 Å². The van der Waals surface area contributed by atoms with E-state index in [0.29, 0.717) is 0 Å². The van der Waals surface area contributed by atoms with E-state index >= 15 is 0 Å². The number of aromatic nitrogens is 3. The van der Waals surface area contributed by atoms with Crippen LogP contribution in [0.3, 0.4) is 0 Å². The maximum absolute atomic E-state index is 13.8. The molecule has 2 atom stereocenters. The van der Waals surface area contributed by atoms with Crippen molar-refractivity contribution in [3.63, 3.8) is 0 Å². The molecule has 3 nitrogen and oxygen atoms in total. The van der Waals surface area contributed by atoms with Crippen LogP contribution < -0.4 is 0 Å². The van der Waals surface area contributed by atoms with Gasteiger partial charge in [-0.15, -0.1) is 5.10 Å². The standard InChI is InChI=1S/C12H9F4N3/c13-8-6-9(7-4-2-1-3-5-7)19-10(8)17-11(18-19)12(14,15)16/h1-5,8-9H,6H2/t8-,9-/m0/s1. The van der Waals surface area contributed by atoms with Crippen LogP contribution in [0.1, 0.15) is 35.8 Å². The molecule has 1 aliphatic rings. The van der Waals surface area contributed by atoms with Crippen molar-refractivity contribution in [2.45, 2.75) is 24.8 Å². The second-order valence-corrected chi connectivity index (χ2v) is 4.37. The zero-order valence-corrected chi connectivity index (χ0v) is 9.60. The van der Waals surface area contributed by atoms with Crippen LogP contribution in [0.15, 0.2) is 30.3 Å². The lowest BCUT2D eigenvalue weighted by molar-refractivity contribution is -0.145. The van der Waals surface area contributed by atoms with Gasteiger partial charge in [-0.25, -0.2) is 14.1 Å². The second-order valence-electron chi connectivity index (χ2n) is 4.37. The van der Waals surface area contributed by atoms with Gasteiger partial charge in [-0.3, -0.25) is 0 Å². The first-order chi connectivity index (χ1) is 8.97. The van der Waals surface area contributed by atoms with Crippen LogP contribution in [0.5, 0.6) is 0 Å². The number of alkyl halides is 4. The summed E-state index contributed by atoms with van der Waals surface area (Å²) in [6.07, 6.45) is -6.11. The molecule has 0 spiro atoms. The summed E-state index contributed by atoms with van der Waals surface area (Å²) in [6.45, 7) is 0. The molecule has 2 heterocycles. The van der Waals surface area contributed by atoms with Crippen LogP contribution in [-0.2, 0) is 6.18 Å². The lowest BCUT2D eigenvalue weighted by Crippen LogP contribution is -2.12. The third-order valence-corrected chi connectivity index (χ3v) is 3.10. The molecule has 2 aromatic rings. The molecule has 0 saturated carbocycles. The fraction of sp³-hybridized carbons (Fsp3) is 0.333. The molecule has 0 radical (unpaired) electrons. The Morgan fingerprint density at radius 3 is 2.47 bits per heavy atom. The van der Waals surface area contributed by atoms with Crippen LogP contribution in [0.2, 0.25) is 0 Å². The van der Waals surface area contributed by atoms with E-state index in [-0.39, 0.29) is 12.2 Å². The highest BCUT2D eigenvalue weighted by molar-refractivity contribution is 5.23. The molecule has 0 amide bonds. The second kappa shape index (κ2) is 4.04. The number of benzene rings is 1. The van der Waals surface area contributed by atoms with Crippen molar-refractivity contribution in [1.29, 1.82) is 0 Å². The number of rotatable bonds is 1. The van der Waals surface area contributed by atoms with E-state index in [2.05, 4.69) is 10.1 Å². The van der Waals surface area contributed by atoms with Crippen LogP contribution in [0.25, 0.3) is 0 Å². The van der Waals surface area contributed by atoms with Gasteiger partial charge in [-0.1, -0.05) is 30.3 Å². The fourth-order valence-corrected chi connectivity index (χ4v) is 2.25. The normalized spacial score (nSPS) is 22.5. The Morgan fingerprint density at radius 2 is 1.84 bits per heavy atom. The van der Waals surface area contributed by atoms with Crippen LogP contribution in [0, 0.1) is 0 Å². The first-order valence-corrected chi connectivity index (χ1v) is 5.69. The molecule has 0 unspecified atom stereocenters. The van der Waals surface area contributed by atoms with E-state index in [0.717, 1.165) is 10.2 Å². The first-order valence-electron chi connectivity index (χ1n) is 5.69. The van der Waals surface area contributed by atoms with E-state index < -0.39 is 24.2 Å². The summed E-state index contributed by atoms with van der Waals surface area (Å²) in [5.74, 6) is -1.54. The molecule has 19 heavy (non-hydrogen) atoms. The van der Waals surface area contributed by atoms with Crippen molar-refractivity contribution in [3.05, 3.63) is 47.5 Å². The van der Waals surface area contributed by atoms with Crippen molar-refractivity contribution in [2.24, 2.45) is 0 Å². The third kappa shape index (κ3) is 1.98. The van der Waals surface area contributed by atoms with Crippen molar-refractivity contribution >= 4 is 0 Å². The van der Waals surface area contributed by atoms with E-state index in [1.807, 2.05) is 0 Å². The first kappa shape index (κ1) is 12.1. The fourth-order valence-electron chi connectivity index (χ4n) is 2.25. The van der Waals surface area contributed by atoms with E-state index in [4.69, 9.17) is 0 Å². The zero-order valence-electron chi connectivity index (χ0n) is 9.60. The quantitative estimate of drug-likeness (QED) is 0.745. The zero-order chi connectivity index (χ0) is 13.6. The Labute approximate surface area is 105 Å². The maximum atomic E-state index is 13.8. The molecule has 0 saturated heterocycles. The molecule has 3 rings (SSSR count). The van der Waals surface area contributed by atoms with E-state index in [1.54, 1.807) is 30.3 Å². The summed E-state index contributed by atoms with van der Waals surface area (Å²) >= 11 is 0. The molecule has 7 heteroatoms. The van der Waals surface area contributed by atoms with E-state index in [1.165, 1.54) is 0 Å². The summed E-state index contributed by atoms with van der Waals surface area (Å²) in [5.41, 5.74) is 0.725. The van der Waals surface area contributed by atoms with Crippen molar-refractivity contribution < 1.29 is 17.6 Å². The average Bonchev–Trinajstić information content (AvgIpc) is 2.91. The van der Waals surface area contributed by atoms with Gasteiger partial charge in [-0.2, -0.15) is 13.2 Å². The van der Waals surface area contributed by atoms with Crippen molar-refractivity contribution in [3.8, 4) is 0 Å². The minimum Gasteiger partial charge on any atom is -0.239 e. The minimum absolute atomic E-state index is 0.0669. The number of hydrogen-bond acceptors (Lipinski definition) is 2. The monoisotopic (exact) mass is 271 g/mol. The van der Waals surface area contributed by atoms with Crippen molar-refractivity contribution in [1.82, 2.24) is 14.8 Å². The molecular weight excluding hydrogens is 262 g/mol. The molecule has 0 aliphatic carbocycles. The average molecular weight is 271 g/mol. The Kier molecular flexibility index (Phi) is 2.58. The van der Waals surface area contributed by atoms with Crippen LogP contribution in [-0.4, -0.2) is 14.8 Å². The Hall–Kier alpha value is -1.92. The van der Waals surface area contributed by atoms with Crippen LogP contribution in [0.4, 0.5) is 17.6 Å². The molecule has 0 N–H and O–H groups in total. The van der Waals surface area contributed by atoms with E-state index in [9.17, 15) is 17.6 Å². The largest absolute Gasteiger partial charge is 0.453 e. The van der Waals surface area contributed by atoms with Crippen LogP contribution >= 0.6 is 0 Å². The summed E-state index contributed by atoms with van der Waals surface area (Å²) in [7, 11) is 0. The van der Waals surface area contributed by atoms with Gasteiger partial charge in [-0.05, 0) is 5.56 Å². The molecule has 1 aromatic carbocycles. The van der Waals surface area contributed by atoms with Gasteiger partial charge in [0.15, 0.2) is 12.0 Å². The van der Waals surface area contributed by atoms with Gasteiger partial charge in [0.05, 0.1) is 6.04 Å². The highest BCUT2D eigenvalue weighted by Gasteiger charge is 2.42. The van der Waals surface area contributed by atoms with Gasteiger partial charge in [0.2, 0.25) is 0 Å². The minimum atomic E-state index is -4.65. The topological polar surface area (TPSA) is 30.7 Å². The summed E-state index contributed by atoms with van der Waals surface area (Å²) in [4.78, 5) is 3.27. The third-order valence-electron chi connectivity index (χ3n) is 3.10. The molecule has 0 fully saturated rings. The number of fused-ring (bicyclic) bond motifs is 1. The van der Waals surface area contributed by atoms with Gasteiger partial charge >= 0.3 is 6.18 Å². The Balaban J connectivity index is 2.04. The highest BCUT2D eigenvalue weighted by atomic mass is 19.4. The Bertz CT molecular complexity index is 591. The lowest BCUT2D eigenvalue weighted by atomic mass is 10.0. The van der Waals surface area contributed by atoms with Crippen molar-refractivity contribution in [2.75, 3.05) is 0 Å². The van der Waals surface area contributed by atoms with Gasteiger partial charge < -0.3 is 0 Å². The molecule has 100 valence electrons. The predicted molar refractivity (Wildman–Crippen MR) is 58.1 cm³/mol. The van der Waals surface area contributed by atoms with Gasteiger partial charge in [0.1, 0.15) is 0 Å². The van der Waals surface area contributed by atoms with Gasteiger partial charge in [0.25, 0.3) is 5.82 Å².